The first kappa shape index (κ1) is 18.7. The van der Waals surface area contributed by atoms with E-state index in [0.29, 0.717) is 17.5 Å². The molecule has 0 saturated heterocycles. The second-order valence-corrected chi connectivity index (χ2v) is 6.97. The molecule has 6 heteroatoms. The van der Waals surface area contributed by atoms with Crippen LogP contribution in [0.4, 0.5) is 11.7 Å². The highest BCUT2D eigenvalue weighted by Crippen LogP contribution is 2.31. The molecule has 0 N–H and O–H groups in total. The lowest BCUT2D eigenvalue weighted by Crippen LogP contribution is -2.21. The molecule has 150 valence electrons. The van der Waals surface area contributed by atoms with Crippen molar-refractivity contribution in [1.29, 1.82) is 0 Å². The predicted molar refractivity (Wildman–Crippen MR) is 120 cm³/mol. The van der Waals surface area contributed by atoms with E-state index in [1.54, 1.807) is 29.6 Å². The van der Waals surface area contributed by atoms with E-state index in [4.69, 9.17) is 4.42 Å². The summed E-state index contributed by atoms with van der Waals surface area (Å²) in [7, 11) is 0. The monoisotopic (exact) mass is 406 g/mol. The van der Waals surface area contributed by atoms with Gasteiger partial charge in [-0.15, -0.1) is 0 Å². The lowest BCUT2D eigenvalue weighted by molar-refractivity contribution is 0.567. The number of benzene rings is 2. The van der Waals surface area contributed by atoms with Crippen molar-refractivity contribution >= 4 is 22.7 Å². The van der Waals surface area contributed by atoms with Crippen LogP contribution in [-0.4, -0.2) is 15.0 Å². The van der Waals surface area contributed by atoms with Crippen molar-refractivity contribution in [3.63, 3.8) is 0 Å². The third kappa shape index (κ3) is 3.79. The molecule has 0 amide bonds. The van der Waals surface area contributed by atoms with Gasteiger partial charge in [-0.2, -0.15) is 4.98 Å². The van der Waals surface area contributed by atoms with Crippen molar-refractivity contribution in [3.8, 4) is 11.1 Å². The van der Waals surface area contributed by atoms with E-state index in [0.717, 1.165) is 22.5 Å². The molecule has 0 fully saturated rings. The van der Waals surface area contributed by atoms with E-state index in [9.17, 15) is 4.79 Å². The SMILES string of the molecule is O=c1nc(N(Cc2ccccn2)c2cccnc2)oc2c(-c3ccccc3)cccc12. The molecule has 0 atom stereocenters. The van der Waals surface area contributed by atoms with Gasteiger partial charge in [0.2, 0.25) is 0 Å². The Kier molecular flexibility index (Phi) is 4.94. The Hall–Kier alpha value is -4.32. The molecule has 0 spiro atoms. The molecule has 3 aromatic heterocycles. The van der Waals surface area contributed by atoms with E-state index in [1.807, 2.05) is 72.8 Å². The number of anilines is 2. The van der Waals surface area contributed by atoms with Gasteiger partial charge < -0.3 is 4.42 Å². The third-order valence-electron chi connectivity index (χ3n) is 4.96. The van der Waals surface area contributed by atoms with Crippen LogP contribution in [0.25, 0.3) is 22.1 Å². The van der Waals surface area contributed by atoms with Crippen molar-refractivity contribution < 1.29 is 4.42 Å². The van der Waals surface area contributed by atoms with Crippen LogP contribution >= 0.6 is 0 Å². The van der Waals surface area contributed by atoms with Crippen molar-refractivity contribution in [2.24, 2.45) is 0 Å². The summed E-state index contributed by atoms with van der Waals surface area (Å²) in [5, 5.41) is 0.439. The van der Waals surface area contributed by atoms with Gasteiger partial charge in [-0.1, -0.05) is 48.5 Å². The topological polar surface area (TPSA) is 72.1 Å². The molecular formula is C25H18N4O2. The molecule has 0 radical (unpaired) electrons. The zero-order valence-corrected chi connectivity index (χ0v) is 16.6. The maximum absolute atomic E-state index is 12.9. The van der Waals surface area contributed by atoms with E-state index in [1.165, 1.54) is 0 Å². The van der Waals surface area contributed by atoms with Crippen LogP contribution < -0.4 is 10.5 Å². The molecule has 2 aromatic carbocycles. The van der Waals surface area contributed by atoms with Crippen LogP contribution in [0.5, 0.6) is 0 Å². The van der Waals surface area contributed by atoms with Crippen molar-refractivity contribution in [1.82, 2.24) is 15.0 Å². The van der Waals surface area contributed by atoms with Gasteiger partial charge in [0.25, 0.3) is 5.56 Å². The number of rotatable bonds is 5. The third-order valence-corrected chi connectivity index (χ3v) is 4.96. The van der Waals surface area contributed by atoms with Gasteiger partial charge in [0.1, 0.15) is 0 Å². The molecule has 0 aliphatic rings. The number of fused-ring (bicyclic) bond motifs is 1. The fourth-order valence-electron chi connectivity index (χ4n) is 3.47. The molecule has 5 aromatic rings. The number of pyridine rings is 2. The largest absolute Gasteiger partial charge is 0.424 e. The van der Waals surface area contributed by atoms with Gasteiger partial charge >= 0.3 is 6.01 Å². The molecule has 0 aliphatic carbocycles. The molecule has 3 heterocycles. The van der Waals surface area contributed by atoms with Crippen molar-refractivity contribution in [2.45, 2.75) is 6.54 Å². The van der Waals surface area contributed by atoms with Crippen LogP contribution in [0.2, 0.25) is 0 Å². The van der Waals surface area contributed by atoms with Crippen LogP contribution in [-0.2, 0) is 6.54 Å². The first-order chi connectivity index (χ1) is 15.3. The Bertz CT molecular complexity index is 1370. The van der Waals surface area contributed by atoms with Crippen LogP contribution in [0.15, 0.2) is 107 Å². The first-order valence-electron chi connectivity index (χ1n) is 9.86. The average molecular weight is 406 g/mol. The molecule has 5 rings (SSSR count). The zero-order chi connectivity index (χ0) is 21.0. The quantitative estimate of drug-likeness (QED) is 0.410. The summed E-state index contributed by atoms with van der Waals surface area (Å²) >= 11 is 0. The molecule has 6 nitrogen and oxygen atoms in total. The molecule has 0 bridgehead atoms. The number of para-hydroxylation sites is 1. The fraction of sp³-hybridized carbons (Fsp3) is 0.0400. The van der Waals surface area contributed by atoms with Gasteiger partial charge in [-0.25, -0.2) is 0 Å². The summed E-state index contributed by atoms with van der Waals surface area (Å²) in [4.78, 5) is 27.6. The Morgan fingerprint density at radius 2 is 1.71 bits per heavy atom. The van der Waals surface area contributed by atoms with Gasteiger partial charge in [-0.05, 0) is 35.9 Å². The Balaban J connectivity index is 1.70. The van der Waals surface area contributed by atoms with Gasteiger partial charge in [-0.3, -0.25) is 19.7 Å². The zero-order valence-electron chi connectivity index (χ0n) is 16.6. The van der Waals surface area contributed by atoms with Crippen LogP contribution in [0.3, 0.4) is 0 Å². The van der Waals surface area contributed by atoms with Crippen molar-refractivity contribution in [3.05, 3.63) is 114 Å². The summed E-state index contributed by atoms with van der Waals surface area (Å²) < 4.78 is 6.28. The summed E-state index contributed by atoms with van der Waals surface area (Å²) in [5.41, 5.74) is 3.52. The van der Waals surface area contributed by atoms with Gasteiger partial charge in [0, 0.05) is 18.0 Å². The van der Waals surface area contributed by atoms with E-state index < -0.39 is 0 Å². The lowest BCUT2D eigenvalue weighted by Gasteiger charge is -2.21. The second-order valence-electron chi connectivity index (χ2n) is 6.97. The van der Waals surface area contributed by atoms with E-state index >= 15 is 0 Å². The highest BCUT2D eigenvalue weighted by molar-refractivity contribution is 5.92. The standard InChI is InChI=1S/C25H18N4O2/c30-24-22-13-6-12-21(18-8-2-1-3-9-18)23(22)31-25(28-24)29(20-11-7-14-26-16-20)17-19-10-4-5-15-27-19/h1-16H,17H2. The minimum Gasteiger partial charge on any atom is -0.424 e. The number of hydrogen-bond donors (Lipinski definition) is 0. The van der Waals surface area contributed by atoms with Crippen molar-refractivity contribution in [2.75, 3.05) is 4.90 Å². The summed E-state index contributed by atoms with van der Waals surface area (Å²) in [6.07, 6.45) is 5.13. The maximum Gasteiger partial charge on any atom is 0.306 e. The highest BCUT2D eigenvalue weighted by atomic mass is 16.4. The Morgan fingerprint density at radius 1 is 0.839 bits per heavy atom. The van der Waals surface area contributed by atoms with Crippen LogP contribution in [0, 0.1) is 0 Å². The van der Waals surface area contributed by atoms with E-state index in [-0.39, 0.29) is 11.6 Å². The molecule has 0 unspecified atom stereocenters. The lowest BCUT2D eigenvalue weighted by atomic mass is 10.0. The Morgan fingerprint density at radius 3 is 2.48 bits per heavy atom. The summed E-state index contributed by atoms with van der Waals surface area (Å²) in [5.74, 6) is 0. The maximum atomic E-state index is 12.9. The minimum atomic E-state index is -0.344. The smallest absolute Gasteiger partial charge is 0.306 e. The average Bonchev–Trinajstić information content (AvgIpc) is 2.84. The summed E-state index contributed by atoms with van der Waals surface area (Å²) in [6, 6.07) is 25.0. The summed E-state index contributed by atoms with van der Waals surface area (Å²) in [6.45, 7) is 0.376. The Labute approximate surface area is 178 Å². The fourth-order valence-corrected chi connectivity index (χ4v) is 3.47. The predicted octanol–water partition coefficient (Wildman–Crippen LogP) is 4.98. The normalized spacial score (nSPS) is 10.8. The molecule has 31 heavy (non-hydrogen) atoms. The molecule has 0 saturated carbocycles. The molecule has 0 aliphatic heterocycles. The highest BCUT2D eigenvalue weighted by Gasteiger charge is 2.19. The number of nitrogens with zero attached hydrogens (tertiary/aromatic N) is 4. The van der Waals surface area contributed by atoms with Gasteiger partial charge in [0.05, 0.1) is 29.5 Å². The number of aromatic nitrogens is 3. The second kappa shape index (κ2) is 8.20. The first-order valence-corrected chi connectivity index (χ1v) is 9.86. The minimum absolute atomic E-state index is 0.194. The van der Waals surface area contributed by atoms with Gasteiger partial charge in [0.15, 0.2) is 5.58 Å². The number of hydrogen-bond acceptors (Lipinski definition) is 6. The van der Waals surface area contributed by atoms with E-state index in [2.05, 4.69) is 15.0 Å². The van der Waals surface area contributed by atoms with Crippen LogP contribution in [0.1, 0.15) is 5.69 Å². The molecular weight excluding hydrogens is 388 g/mol.